The van der Waals surface area contributed by atoms with Crippen LogP contribution in [0, 0.1) is 22.5 Å². The quantitative estimate of drug-likeness (QED) is 0.138. The molecule has 0 aliphatic heterocycles. The number of alkyl halides is 3. The van der Waals surface area contributed by atoms with E-state index in [0.29, 0.717) is 30.0 Å². The zero-order chi connectivity index (χ0) is 34.1. The molecule has 2 aliphatic rings. The maximum absolute atomic E-state index is 14.1. The number of methoxy groups -OCH3 is 2. The Morgan fingerprint density at radius 1 is 0.766 bits per heavy atom. The van der Waals surface area contributed by atoms with Crippen LogP contribution >= 0.6 is 0 Å². The second kappa shape index (κ2) is 14.9. The number of hydrogen-bond donors (Lipinski definition) is 1. The van der Waals surface area contributed by atoms with Crippen molar-refractivity contribution in [1.82, 2.24) is 0 Å². The molecule has 0 heterocycles. The summed E-state index contributed by atoms with van der Waals surface area (Å²) in [4.78, 5) is 23.2. The number of aromatic hydroxyl groups is 1. The second-order valence-corrected chi connectivity index (χ2v) is 13.3. The first kappa shape index (κ1) is 41.1. The third-order valence-electron chi connectivity index (χ3n) is 7.72. The molecule has 2 aromatic rings. The number of carbonyl (C=O) groups is 2. The largest absolute Gasteiger partial charge is 0.534 e. The lowest BCUT2D eigenvalue weighted by Gasteiger charge is -2.25. The lowest BCUT2D eigenvalue weighted by Crippen LogP contribution is -2.28. The van der Waals surface area contributed by atoms with Gasteiger partial charge < -0.3 is 18.8 Å². The third kappa shape index (κ3) is 8.70. The molecule has 4 rings (SSSR count). The van der Waals surface area contributed by atoms with Crippen molar-refractivity contribution in [1.29, 1.82) is 0 Å². The summed E-state index contributed by atoms with van der Waals surface area (Å²) >= 11 is 0. The number of rotatable bonds is 6. The highest BCUT2D eigenvalue weighted by Gasteiger charge is 2.49. The fourth-order valence-corrected chi connectivity index (χ4v) is 5.71. The molecule has 8 nitrogen and oxygen atoms in total. The Morgan fingerprint density at radius 3 is 1.55 bits per heavy atom. The van der Waals surface area contributed by atoms with Crippen LogP contribution in [-0.2, 0) is 19.6 Å². The van der Waals surface area contributed by atoms with E-state index in [1.807, 2.05) is 6.08 Å². The van der Waals surface area contributed by atoms with Gasteiger partial charge >= 0.3 is 27.6 Å². The van der Waals surface area contributed by atoms with Gasteiger partial charge in [0.15, 0.2) is 5.75 Å². The van der Waals surface area contributed by atoms with E-state index < -0.39 is 55.9 Å². The Kier molecular flexibility index (Phi) is 13.0. The summed E-state index contributed by atoms with van der Waals surface area (Å²) in [7, 11) is -3.79. The number of hydrogen-bond acceptors (Lipinski definition) is 8. The number of allylic oxidation sites excluding steroid dienone is 4. The molecule has 47 heavy (non-hydrogen) atoms. The summed E-state index contributed by atoms with van der Waals surface area (Å²) in [5.41, 5.74) is -5.21. The summed E-state index contributed by atoms with van der Waals surface area (Å²) in [5, 5.41) is 9.93. The molecule has 262 valence electrons. The van der Waals surface area contributed by atoms with Crippen molar-refractivity contribution in [2.45, 2.75) is 73.7 Å². The fourth-order valence-electron chi connectivity index (χ4n) is 5.24. The van der Waals surface area contributed by atoms with Gasteiger partial charge in [-0.25, -0.2) is 18.4 Å². The number of ether oxygens (including phenoxy) is 2. The highest BCUT2D eigenvalue weighted by molar-refractivity contribution is 7.88. The Labute approximate surface area is 272 Å². The molecule has 0 aromatic heterocycles. The van der Waals surface area contributed by atoms with Crippen molar-refractivity contribution in [2.24, 2.45) is 10.8 Å². The van der Waals surface area contributed by atoms with Gasteiger partial charge in [-0.15, -0.1) is 0 Å². The predicted octanol–water partition coefficient (Wildman–Crippen LogP) is 8.84. The average molecular weight is 693 g/mol. The topological polar surface area (TPSA) is 116 Å². The monoisotopic (exact) mass is 692 g/mol. The van der Waals surface area contributed by atoms with Crippen LogP contribution in [0.3, 0.4) is 0 Å². The van der Waals surface area contributed by atoms with E-state index in [-0.39, 0.29) is 37.1 Å². The number of benzene rings is 2. The molecule has 1 N–H and O–H groups in total. The average Bonchev–Trinajstić information content (AvgIpc) is 3.47. The van der Waals surface area contributed by atoms with Crippen LogP contribution < -0.4 is 4.18 Å². The highest BCUT2D eigenvalue weighted by atomic mass is 32.2. The zero-order valence-electron chi connectivity index (χ0n) is 25.4. The first-order chi connectivity index (χ1) is 20.7. The maximum Gasteiger partial charge on any atom is 0.534 e. The van der Waals surface area contributed by atoms with Gasteiger partial charge in [0.2, 0.25) is 0 Å². The van der Waals surface area contributed by atoms with Gasteiger partial charge in [-0.05, 0) is 59.8 Å². The van der Waals surface area contributed by atoms with Crippen LogP contribution in [0.2, 0.25) is 0 Å². The summed E-state index contributed by atoms with van der Waals surface area (Å²) in [5.74, 6) is -4.81. The molecule has 0 radical (unpaired) electrons. The van der Waals surface area contributed by atoms with Gasteiger partial charge in [0.05, 0.1) is 25.3 Å². The Hall–Kier alpha value is -3.94. The Morgan fingerprint density at radius 2 is 1.17 bits per heavy atom. The normalized spacial score (nSPS) is 16.3. The molecular weight excluding hydrogens is 651 g/mol. The van der Waals surface area contributed by atoms with E-state index in [4.69, 9.17) is 0 Å². The van der Waals surface area contributed by atoms with Crippen LogP contribution in [0.5, 0.6) is 11.5 Å². The molecule has 0 amide bonds. The molecular formula is C33H41F5O8S. The van der Waals surface area contributed by atoms with Gasteiger partial charge in [0.1, 0.15) is 17.4 Å². The smallest absolute Gasteiger partial charge is 0.507 e. The van der Waals surface area contributed by atoms with E-state index >= 15 is 0 Å². The summed E-state index contributed by atoms with van der Waals surface area (Å²) in [6, 6.07) is 3.73. The van der Waals surface area contributed by atoms with Crippen molar-refractivity contribution in [3.8, 4) is 11.5 Å². The van der Waals surface area contributed by atoms with Crippen molar-refractivity contribution >= 4 is 33.2 Å². The number of esters is 2. The Bertz CT molecular complexity index is 1670. The van der Waals surface area contributed by atoms with Gasteiger partial charge in [-0.2, -0.15) is 21.6 Å². The van der Waals surface area contributed by atoms with Crippen molar-refractivity contribution < 1.29 is 58.7 Å². The minimum Gasteiger partial charge on any atom is -0.507 e. The molecule has 0 unspecified atom stereocenters. The van der Waals surface area contributed by atoms with Crippen LogP contribution in [0.4, 0.5) is 22.0 Å². The van der Waals surface area contributed by atoms with E-state index in [1.165, 1.54) is 13.2 Å². The fraction of sp³-hybridized carbons (Fsp3) is 0.455. The SMILES string of the molecule is C.C.COC(=O)c1cc(C2=CCCC2(C)C)c(O)cc1F.COC(=O)c1cc(C2=CCCC2(C)C)c(OS(=O)(=O)C(F)(F)F)cc1F. The standard InChI is InChI=1S/C16H16F4O5S.C15H17FO3.2CH4/c1-15(2)6-4-5-11(15)9-7-10(14(21)24-3)12(17)8-13(9)25-26(22,23)16(18,19)20;1-15(2)6-4-5-11(15)9-7-10(14(18)19-3)12(16)8-13(9)17;;/h5,7-8H,4,6H2,1-3H3;5,7-8,17H,4,6H2,1-3H3;2*1H4. The van der Waals surface area contributed by atoms with Crippen LogP contribution in [0.1, 0.15) is 100 Å². The minimum atomic E-state index is -6.01. The van der Waals surface area contributed by atoms with Crippen molar-refractivity contribution in [3.05, 3.63) is 70.3 Å². The second-order valence-electron chi connectivity index (χ2n) is 11.7. The molecule has 0 bridgehead atoms. The van der Waals surface area contributed by atoms with Gasteiger partial charge in [0.25, 0.3) is 0 Å². The first-order valence-corrected chi connectivity index (χ1v) is 15.0. The van der Waals surface area contributed by atoms with Crippen LogP contribution in [0.25, 0.3) is 11.1 Å². The van der Waals surface area contributed by atoms with Crippen LogP contribution in [0.15, 0.2) is 36.4 Å². The minimum absolute atomic E-state index is 0. The molecule has 0 fully saturated rings. The molecule has 0 saturated carbocycles. The summed E-state index contributed by atoms with van der Waals surface area (Å²) in [6.07, 6.45) is 6.80. The van der Waals surface area contributed by atoms with E-state index in [0.717, 1.165) is 37.7 Å². The van der Waals surface area contributed by atoms with Crippen LogP contribution in [-0.4, -0.2) is 45.2 Å². The molecule has 0 atom stereocenters. The van der Waals surface area contributed by atoms with Gasteiger partial charge in [-0.1, -0.05) is 54.7 Å². The van der Waals surface area contributed by atoms with Gasteiger partial charge in [-0.3, -0.25) is 0 Å². The van der Waals surface area contributed by atoms with Crippen molar-refractivity contribution in [3.63, 3.8) is 0 Å². The summed E-state index contributed by atoms with van der Waals surface area (Å²) in [6.45, 7) is 7.70. The molecule has 0 saturated heterocycles. The molecule has 0 spiro atoms. The number of halogens is 5. The lowest BCUT2D eigenvalue weighted by molar-refractivity contribution is -0.0500. The predicted molar refractivity (Wildman–Crippen MR) is 168 cm³/mol. The van der Waals surface area contributed by atoms with E-state index in [2.05, 4.69) is 27.5 Å². The van der Waals surface area contributed by atoms with Crippen molar-refractivity contribution in [2.75, 3.05) is 14.2 Å². The first-order valence-electron chi connectivity index (χ1n) is 13.6. The third-order valence-corrected chi connectivity index (χ3v) is 8.69. The number of carbonyl (C=O) groups excluding carboxylic acids is 2. The Balaban J connectivity index is 0.000000470. The lowest BCUT2D eigenvalue weighted by atomic mass is 9.81. The molecule has 2 aromatic carbocycles. The number of phenolic OH excluding ortho intramolecular Hbond substituents is 1. The van der Waals surface area contributed by atoms with E-state index in [1.54, 1.807) is 19.9 Å². The number of phenols is 1. The zero-order valence-corrected chi connectivity index (χ0v) is 26.2. The molecule has 14 heteroatoms. The molecule has 2 aliphatic carbocycles. The van der Waals surface area contributed by atoms with E-state index in [9.17, 15) is 45.1 Å². The maximum atomic E-state index is 14.1. The highest BCUT2D eigenvalue weighted by Crippen LogP contribution is 2.48. The summed E-state index contributed by atoms with van der Waals surface area (Å²) < 4.78 is 102. The van der Waals surface area contributed by atoms with Gasteiger partial charge in [0, 0.05) is 23.3 Å².